The summed E-state index contributed by atoms with van der Waals surface area (Å²) in [6.07, 6.45) is 3.52. The van der Waals surface area contributed by atoms with Crippen LogP contribution in [0.15, 0.2) is 17.8 Å². The van der Waals surface area contributed by atoms with Crippen molar-refractivity contribution >= 4 is 42.1 Å². The lowest BCUT2D eigenvalue weighted by atomic mass is 10.1. The normalized spacial score (nSPS) is 12.7. The van der Waals surface area contributed by atoms with Crippen molar-refractivity contribution in [3.8, 4) is 0 Å². The van der Waals surface area contributed by atoms with Crippen LogP contribution >= 0.6 is 36.2 Å². The fraction of sp³-hybridized carbons (Fsp3) is 0.462. The summed E-state index contributed by atoms with van der Waals surface area (Å²) in [6.45, 7) is 3.89. The van der Waals surface area contributed by atoms with E-state index in [4.69, 9.17) is 0 Å². The van der Waals surface area contributed by atoms with Crippen molar-refractivity contribution in [2.45, 2.75) is 25.9 Å². The van der Waals surface area contributed by atoms with Gasteiger partial charge in [0, 0.05) is 24.2 Å². The molecule has 6 nitrogen and oxygen atoms in total. The monoisotopic (exact) mass is 365 g/mol. The Labute approximate surface area is 146 Å². The number of rotatable bonds is 5. The lowest BCUT2D eigenvalue weighted by molar-refractivity contribution is -0.123. The van der Waals surface area contributed by atoms with E-state index in [1.54, 1.807) is 29.3 Å². The van der Waals surface area contributed by atoms with Crippen LogP contribution in [0.2, 0.25) is 0 Å². The molecule has 124 valence electrons. The highest BCUT2D eigenvalue weighted by Crippen LogP contribution is 2.18. The van der Waals surface area contributed by atoms with Crippen molar-refractivity contribution in [1.29, 1.82) is 0 Å². The summed E-state index contributed by atoms with van der Waals surface area (Å²) < 4.78 is 1.68. The van der Waals surface area contributed by atoms with Gasteiger partial charge >= 0.3 is 0 Å². The van der Waals surface area contributed by atoms with Gasteiger partial charge in [-0.25, -0.2) is 4.98 Å². The van der Waals surface area contributed by atoms with Gasteiger partial charge in [-0.3, -0.25) is 9.48 Å². The molecule has 2 atom stereocenters. The fourth-order valence-electron chi connectivity index (χ4n) is 1.99. The minimum atomic E-state index is -0.411. The van der Waals surface area contributed by atoms with Gasteiger partial charge in [-0.1, -0.05) is 0 Å². The van der Waals surface area contributed by atoms with Gasteiger partial charge in [-0.15, -0.1) is 36.2 Å². The second-order valence-electron chi connectivity index (χ2n) is 4.69. The molecular formula is C13H21Cl2N5OS. The quantitative estimate of drug-likeness (QED) is 0.851. The molecule has 1 amide bonds. The maximum atomic E-state index is 12.3. The Hall–Kier alpha value is -1.15. The van der Waals surface area contributed by atoms with Crippen LogP contribution in [0, 0.1) is 6.92 Å². The van der Waals surface area contributed by atoms with E-state index in [1.165, 1.54) is 0 Å². The summed E-state index contributed by atoms with van der Waals surface area (Å²) in [4.78, 5) is 16.7. The first-order chi connectivity index (χ1) is 9.51. The number of thiazole rings is 1. The summed E-state index contributed by atoms with van der Waals surface area (Å²) >= 11 is 1.58. The minimum Gasteiger partial charge on any atom is -0.346 e. The number of hydrogen-bond acceptors (Lipinski definition) is 5. The van der Waals surface area contributed by atoms with E-state index in [-0.39, 0.29) is 36.8 Å². The third-order valence-electron chi connectivity index (χ3n) is 3.05. The van der Waals surface area contributed by atoms with Gasteiger partial charge in [0.2, 0.25) is 5.91 Å². The Balaban J connectivity index is 0.00000220. The molecule has 2 aromatic heterocycles. The molecule has 0 aliphatic heterocycles. The first-order valence-electron chi connectivity index (χ1n) is 6.39. The summed E-state index contributed by atoms with van der Waals surface area (Å²) in [5, 5.41) is 13.0. The maximum Gasteiger partial charge on any atom is 0.242 e. The van der Waals surface area contributed by atoms with E-state index < -0.39 is 6.04 Å². The molecule has 2 rings (SSSR count). The average Bonchev–Trinajstić information content (AvgIpc) is 2.99. The molecule has 2 aromatic rings. The Morgan fingerprint density at radius 2 is 2.09 bits per heavy atom. The van der Waals surface area contributed by atoms with Gasteiger partial charge < -0.3 is 10.6 Å². The predicted molar refractivity (Wildman–Crippen MR) is 92.9 cm³/mol. The number of carbonyl (C=O) groups is 1. The molecule has 0 bridgehead atoms. The number of amides is 1. The molecule has 0 aromatic carbocycles. The first-order valence-corrected chi connectivity index (χ1v) is 7.27. The topological polar surface area (TPSA) is 71.8 Å². The van der Waals surface area contributed by atoms with Crippen molar-refractivity contribution in [2.75, 3.05) is 7.05 Å². The molecule has 2 N–H and O–H groups in total. The number of aryl methyl sites for hydroxylation is 2. The maximum absolute atomic E-state index is 12.3. The van der Waals surface area contributed by atoms with E-state index in [9.17, 15) is 4.79 Å². The predicted octanol–water partition coefficient (Wildman–Crippen LogP) is 2.17. The molecule has 0 saturated heterocycles. The largest absolute Gasteiger partial charge is 0.346 e. The number of likely N-dealkylation sites (N-methyl/N-ethyl adjacent to an activating group) is 1. The Morgan fingerprint density at radius 1 is 1.41 bits per heavy atom. The van der Waals surface area contributed by atoms with Crippen LogP contribution in [0.4, 0.5) is 0 Å². The van der Waals surface area contributed by atoms with E-state index in [2.05, 4.69) is 20.7 Å². The summed E-state index contributed by atoms with van der Waals surface area (Å²) in [7, 11) is 3.59. The lowest BCUT2D eigenvalue weighted by Gasteiger charge is -2.18. The molecule has 9 heteroatoms. The molecule has 22 heavy (non-hydrogen) atoms. The van der Waals surface area contributed by atoms with Crippen LogP contribution in [0.3, 0.4) is 0 Å². The van der Waals surface area contributed by atoms with E-state index in [0.29, 0.717) is 0 Å². The molecule has 0 spiro atoms. The number of nitrogens with zero attached hydrogens (tertiary/aromatic N) is 3. The smallest absolute Gasteiger partial charge is 0.242 e. The zero-order valence-corrected chi connectivity index (χ0v) is 15.3. The van der Waals surface area contributed by atoms with Crippen molar-refractivity contribution in [3.05, 3.63) is 34.0 Å². The number of aromatic nitrogens is 3. The van der Waals surface area contributed by atoms with Crippen LogP contribution in [-0.2, 0) is 11.8 Å². The van der Waals surface area contributed by atoms with Crippen molar-refractivity contribution in [3.63, 3.8) is 0 Å². The lowest BCUT2D eigenvalue weighted by Crippen LogP contribution is -2.37. The molecular weight excluding hydrogens is 345 g/mol. The minimum absolute atomic E-state index is 0. The van der Waals surface area contributed by atoms with E-state index >= 15 is 0 Å². The van der Waals surface area contributed by atoms with Crippen molar-refractivity contribution < 1.29 is 4.79 Å². The average molecular weight is 366 g/mol. The summed E-state index contributed by atoms with van der Waals surface area (Å²) in [5.74, 6) is -0.0846. The molecule has 2 heterocycles. The first kappa shape index (κ1) is 20.9. The highest BCUT2D eigenvalue weighted by atomic mass is 35.5. The van der Waals surface area contributed by atoms with Gasteiger partial charge in [0.05, 0.1) is 22.9 Å². The Kier molecular flexibility index (Phi) is 8.62. The van der Waals surface area contributed by atoms with Crippen molar-refractivity contribution in [2.24, 2.45) is 7.05 Å². The number of nitrogens with one attached hydrogen (secondary N) is 2. The number of halogens is 2. The van der Waals surface area contributed by atoms with Crippen LogP contribution in [0.1, 0.15) is 35.3 Å². The fourth-order valence-corrected chi connectivity index (χ4v) is 2.69. The standard InChI is InChI=1S/C13H19N5OS.2ClH/c1-8(11-7-20-9(2)17-11)16-13(19)12(14-3)10-5-15-18(4)6-10;;/h5-8,12,14H,1-4H3,(H,16,19);2*1H. The number of carbonyl (C=O) groups excluding carboxylic acids is 1. The highest BCUT2D eigenvalue weighted by Gasteiger charge is 2.22. The SMILES string of the molecule is CNC(C(=O)NC(C)c1csc(C)n1)c1cnn(C)c1.Cl.Cl. The second-order valence-corrected chi connectivity index (χ2v) is 5.75. The Bertz CT molecular complexity index is 601. The molecule has 0 saturated carbocycles. The van der Waals surface area contributed by atoms with E-state index in [1.807, 2.05) is 32.5 Å². The van der Waals surface area contributed by atoms with Crippen LogP contribution in [-0.4, -0.2) is 27.7 Å². The molecule has 0 aliphatic carbocycles. The third-order valence-corrected chi connectivity index (χ3v) is 3.84. The third kappa shape index (κ3) is 4.95. The van der Waals surface area contributed by atoms with Gasteiger partial charge in [0.15, 0.2) is 0 Å². The summed E-state index contributed by atoms with van der Waals surface area (Å²) in [6, 6.07) is -0.522. The second kappa shape index (κ2) is 9.09. The van der Waals surface area contributed by atoms with Crippen molar-refractivity contribution in [1.82, 2.24) is 25.4 Å². The van der Waals surface area contributed by atoms with E-state index in [0.717, 1.165) is 16.3 Å². The highest BCUT2D eigenvalue weighted by molar-refractivity contribution is 7.09. The molecule has 0 radical (unpaired) electrons. The van der Waals surface area contributed by atoms with Gasteiger partial charge in [0.25, 0.3) is 0 Å². The van der Waals surface area contributed by atoms with Gasteiger partial charge in [-0.2, -0.15) is 5.10 Å². The van der Waals surface area contributed by atoms with Crippen LogP contribution in [0.25, 0.3) is 0 Å². The molecule has 2 unspecified atom stereocenters. The Morgan fingerprint density at radius 3 is 2.55 bits per heavy atom. The molecule has 0 fully saturated rings. The van der Waals surface area contributed by atoms with Gasteiger partial charge in [-0.05, 0) is 20.9 Å². The van der Waals surface area contributed by atoms with Gasteiger partial charge in [0.1, 0.15) is 6.04 Å². The zero-order valence-electron chi connectivity index (χ0n) is 12.9. The van der Waals surface area contributed by atoms with Crippen LogP contribution in [0.5, 0.6) is 0 Å². The number of hydrogen-bond donors (Lipinski definition) is 2. The zero-order chi connectivity index (χ0) is 14.7. The molecule has 0 aliphatic rings. The van der Waals surface area contributed by atoms with Crippen LogP contribution < -0.4 is 10.6 Å². The summed E-state index contributed by atoms with van der Waals surface area (Å²) in [5.41, 5.74) is 1.73.